The van der Waals surface area contributed by atoms with Crippen LogP contribution in [0.1, 0.15) is 13.8 Å². The number of anilines is 1. The van der Waals surface area contributed by atoms with Gasteiger partial charge in [-0.15, -0.1) is 0 Å². The Balaban J connectivity index is 2.68. The van der Waals surface area contributed by atoms with E-state index < -0.39 is 5.54 Å². The van der Waals surface area contributed by atoms with Crippen LogP contribution in [0.5, 0.6) is 0 Å². The van der Waals surface area contributed by atoms with Crippen molar-refractivity contribution in [1.82, 2.24) is 5.32 Å². The monoisotopic (exact) mass is 275 g/mol. The average molecular weight is 276 g/mol. The van der Waals surface area contributed by atoms with Crippen LogP contribution in [0.4, 0.5) is 10.5 Å². The van der Waals surface area contributed by atoms with Gasteiger partial charge in [0, 0.05) is 27.8 Å². The first-order valence-corrected chi connectivity index (χ1v) is 5.83. The molecule has 1 rings (SSSR count). The molecular weight excluding hydrogens is 261 g/mol. The summed E-state index contributed by atoms with van der Waals surface area (Å²) in [5.41, 5.74) is 5.58. The molecular formula is C11H15Cl2N3O. The quantitative estimate of drug-likeness (QED) is 0.794. The number of rotatable bonds is 3. The number of carbonyl (C=O) groups is 1. The molecule has 2 amide bonds. The molecule has 4 nitrogen and oxygen atoms in total. The van der Waals surface area contributed by atoms with Gasteiger partial charge in [0.2, 0.25) is 0 Å². The molecule has 94 valence electrons. The maximum absolute atomic E-state index is 11.6. The first-order valence-electron chi connectivity index (χ1n) is 5.08. The van der Waals surface area contributed by atoms with Gasteiger partial charge in [0.15, 0.2) is 0 Å². The Labute approximate surface area is 110 Å². The molecule has 0 heterocycles. The second-order valence-corrected chi connectivity index (χ2v) is 5.20. The highest BCUT2D eigenvalue weighted by atomic mass is 35.5. The van der Waals surface area contributed by atoms with E-state index in [-0.39, 0.29) is 6.03 Å². The largest absolute Gasteiger partial charge is 0.332 e. The third-order valence-electron chi connectivity index (χ3n) is 2.08. The molecule has 17 heavy (non-hydrogen) atoms. The lowest BCUT2D eigenvalue weighted by Crippen LogP contribution is -2.50. The smallest absolute Gasteiger partial charge is 0.319 e. The van der Waals surface area contributed by atoms with Gasteiger partial charge < -0.3 is 16.4 Å². The van der Waals surface area contributed by atoms with E-state index in [0.717, 1.165) is 0 Å². The first kappa shape index (κ1) is 14.1. The van der Waals surface area contributed by atoms with E-state index in [0.29, 0.717) is 22.3 Å². The van der Waals surface area contributed by atoms with Gasteiger partial charge in [0.25, 0.3) is 0 Å². The van der Waals surface area contributed by atoms with Crippen LogP contribution in [0.3, 0.4) is 0 Å². The minimum absolute atomic E-state index is 0.344. The lowest BCUT2D eigenvalue weighted by molar-refractivity contribution is 0.242. The molecule has 0 unspecified atom stereocenters. The van der Waals surface area contributed by atoms with E-state index in [1.54, 1.807) is 18.2 Å². The summed E-state index contributed by atoms with van der Waals surface area (Å²) >= 11 is 11.6. The van der Waals surface area contributed by atoms with Gasteiger partial charge in [-0.2, -0.15) is 0 Å². The third-order valence-corrected chi connectivity index (χ3v) is 2.52. The fourth-order valence-corrected chi connectivity index (χ4v) is 1.67. The summed E-state index contributed by atoms with van der Waals surface area (Å²) in [6, 6.07) is 4.47. The summed E-state index contributed by atoms with van der Waals surface area (Å²) in [7, 11) is 0. The number of benzene rings is 1. The third kappa shape index (κ3) is 4.81. The summed E-state index contributed by atoms with van der Waals surface area (Å²) in [4.78, 5) is 11.6. The number of nitrogens with one attached hydrogen (secondary N) is 2. The Kier molecular flexibility index (Phi) is 4.62. The topological polar surface area (TPSA) is 67.1 Å². The SMILES string of the molecule is CC(C)(CN)NC(=O)Nc1cc(Cl)cc(Cl)c1. The standard InChI is InChI=1S/C11H15Cl2N3O/c1-11(2,6-14)16-10(17)15-9-4-7(12)3-8(13)5-9/h3-5H,6,14H2,1-2H3,(H2,15,16,17). The summed E-state index contributed by atoms with van der Waals surface area (Å²) < 4.78 is 0. The molecule has 1 aromatic rings. The summed E-state index contributed by atoms with van der Waals surface area (Å²) in [6.07, 6.45) is 0. The predicted octanol–water partition coefficient (Wildman–Crippen LogP) is 2.85. The van der Waals surface area contributed by atoms with Crippen molar-refractivity contribution in [2.45, 2.75) is 19.4 Å². The van der Waals surface area contributed by atoms with Crippen molar-refractivity contribution in [2.24, 2.45) is 5.73 Å². The molecule has 0 saturated carbocycles. The molecule has 0 fully saturated rings. The van der Waals surface area contributed by atoms with Gasteiger partial charge >= 0.3 is 6.03 Å². The van der Waals surface area contributed by atoms with Crippen molar-refractivity contribution in [2.75, 3.05) is 11.9 Å². The Morgan fingerprint density at radius 2 is 1.82 bits per heavy atom. The molecule has 0 bridgehead atoms. The molecule has 0 aliphatic heterocycles. The van der Waals surface area contributed by atoms with E-state index >= 15 is 0 Å². The minimum atomic E-state index is -0.466. The van der Waals surface area contributed by atoms with Crippen LogP contribution >= 0.6 is 23.2 Å². The number of nitrogens with two attached hydrogens (primary N) is 1. The summed E-state index contributed by atoms with van der Waals surface area (Å²) in [6.45, 7) is 4.01. The van der Waals surface area contributed by atoms with Gasteiger partial charge in [-0.25, -0.2) is 4.79 Å². The van der Waals surface area contributed by atoms with Gasteiger partial charge in [0.1, 0.15) is 0 Å². The Morgan fingerprint density at radius 1 is 1.29 bits per heavy atom. The Morgan fingerprint density at radius 3 is 2.29 bits per heavy atom. The first-order chi connectivity index (χ1) is 7.82. The highest BCUT2D eigenvalue weighted by Gasteiger charge is 2.18. The maximum Gasteiger partial charge on any atom is 0.319 e. The zero-order valence-electron chi connectivity index (χ0n) is 9.68. The predicted molar refractivity (Wildman–Crippen MR) is 71.7 cm³/mol. The zero-order valence-corrected chi connectivity index (χ0v) is 11.2. The van der Waals surface area contributed by atoms with Crippen molar-refractivity contribution in [3.05, 3.63) is 28.2 Å². The molecule has 0 spiro atoms. The lowest BCUT2D eigenvalue weighted by Gasteiger charge is -2.24. The van der Waals surface area contributed by atoms with Crippen LogP contribution in [0, 0.1) is 0 Å². The van der Waals surface area contributed by atoms with E-state index in [9.17, 15) is 4.79 Å². The minimum Gasteiger partial charge on any atom is -0.332 e. The molecule has 1 aromatic carbocycles. The normalized spacial score (nSPS) is 11.1. The van der Waals surface area contributed by atoms with Crippen molar-refractivity contribution in [3.8, 4) is 0 Å². The van der Waals surface area contributed by atoms with Crippen LogP contribution in [-0.4, -0.2) is 18.1 Å². The van der Waals surface area contributed by atoms with Gasteiger partial charge in [0.05, 0.1) is 0 Å². The molecule has 0 aliphatic rings. The Bertz CT molecular complexity index is 401. The molecule has 0 radical (unpaired) electrons. The fraction of sp³-hybridized carbons (Fsp3) is 0.364. The van der Waals surface area contributed by atoms with Crippen LogP contribution in [0.25, 0.3) is 0 Å². The van der Waals surface area contributed by atoms with Crippen molar-refractivity contribution < 1.29 is 4.79 Å². The van der Waals surface area contributed by atoms with Gasteiger partial charge in [-0.05, 0) is 32.0 Å². The van der Waals surface area contributed by atoms with Crippen molar-refractivity contribution in [1.29, 1.82) is 0 Å². The second kappa shape index (κ2) is 5.58. The number of urea groups is 1. The van der Waals surface area contributed by atoms with E-state index in [1.807, 2.05) is 13.8 Å². The molecule has 6 heteroatoms. The molecule has 4 N–H and O–H groups in total. The molecule has 0 aliphatic carbocycles. The maximum atomic E-state index is 11.6. The highest BCUT2D eigenvalue weighted by Crippen LogP contribution is 2.22. The van der Waals surface area contributed by atoms with Gasteiger partial charge in [-0.3, -0.25) is 0 Å². The van der Waals surface area contributed by atoms with Crippen molar-refractivity contribution >= 4 is 34.9 Å². The summed E-state index contributed by atoms with van der Waals surface area (Å²) in [5, 5.41) is 6.30. The van der Waals surface area contributed by atoms with Crippen LogP contribution in [-0.2, 0) is 0 Å². The summed E-state index contributed by atoms with van der Waals surface area (Å²) in [5.74, 6) is 0. The average Bonchev–Trinajstić information content (AvgIpc) is 2.14. The molecule has 0 atom stereocenters. The number of amides is 2. The van der Waals surface area contributed by atoms with E-state index in [2.05, 4.69) is 10.6 Å². The zero-order chi connectivity index (χ0) is 13.1. The second-order valence-electron chi connectivity index (χ2n) is 4.33. The highest BCUT2D eigenvalue weighted by molar-refractivity contribution is 6.35. The fourth-order valence-electron chi connectivity index (χ4n) is 1.15. The van der Waals surface area contributed by atoms with Crippen LogP contribution in [0.15, 0.2) is 18.2 Å². The Hall–Kier alpha value is -0.970. The number of hydrogen-bond donors (Lipinski definition) is 3. The van der Waals surface area contributed by atoms with E-state index in [4.69, 9.17) is 28.9 Å². The van der Waals surface area contributed by atoms with Gasteiger partial charge in [-0.1, -0.05) is 23.2 Å². The van der Waals surface area contributed by atoms with Crippen LogP contribution < -0.4 is 16.4 Å². The lowest BCUT2D eigenvalue weighted by atomic mass is 10.1. The molecule has 0 aromatic heterocycles. The van der Waals surface area contributed by atoms with Crippen molar-refractivity contribution in [3.63, 3.8) is 0 Å². The van der Waals surface area contributed by atoms with E-state index in [1.165, 1.54) is 0 Å². The number of hydrogen-bond acceptors (Lipinski definition) is 2. The van der Waals surface area contributed by atoms with Crippen LogP contribution in [0.2, 0.25) is 10.0 Å². The number of halogens is 2. The number of carbonyl (C=O) groups excluding carboxylic acids is 1. The molecule has 0 saturated heterocycles.